The SMILES string of the molecule is CC(C)(C)OC(=O)NN[C@@H](CCCCNC(/C=C/N)=NCCCC[C@H](NC(=O)OC(C)(C)C)C(=O)O)C(=O)O. The summed E-state index contributed by atoms with van der Waals surface area (Å²) in [7, 11) is 0. The number of nitrogens with two attached hydrogens (primary N) is 1. The van der Waals surface area contributed by atoms with Crippen LogP contribution in [0.2, 0.25) is 0 Å². The summed E-state index contributed by atoms with van der Waals surface area (Å²) in [5.74, 6) is -1.70. The summed E-state index contributed by atoms with van der Waals surface area (Å²) in [6, 6.07) is -2.04. The quantitative estimate of drug-likeness (QED) is 0.0631. The molecule has 0 unspecified atom stereocenters. The second-order valence-electron chi connectivity index (χ2n) is 10.7. The minimum absolute atomic E-state index is 0.223. The van der Waals surface area contributed by atoms with Crippen LogP contribution in [0.25, 0.3) is 0 Å². The number of carbonyl (C=O) groups excluding carboxylic acids is 2. The number of carboxylic acids is 2. The number of hydrogen-bond donors (Lipinski definition) is 7. The monoisotopic (exact) mass is 558 g/mol. The lowest BCUT2D eigenvalue weighted by Gasteiger charge is -2.22. The number of hydrazine groups is 1. The lowest BCUT2D eigenvalue weighted by atomic mass is 10.1. The van der Waals surface area contributed by atoms with Gasteiger partial charge in [-0.25, -0.2) is 19.8 Å². The largest absolute Gasteiger partial charge is 0.480 e. The third-order valence-electron chi connectivity index (χ3n) is 4.70. The maximum atomic E-state index is 11.8. The molecule has 14 heteroatoms. The van der Waals surface area contributed by atoms with E-state index < -0.39 is 47.4 Å². The van der Waals surface area contributed by atoms with Crippen molar-refractivity contribution in [1.82, 2.24) is 21.5 Å². The van der Waals surface area contributed by atoms with E-state index in [-0.39, 0.29) is 12.8 Å². The van der Waals surface area contributed by atoms with Crippen molar-refractivity contribution in [3.63, 3.8) is 0 Å². The maximum Gasteiger partial charge on any atom is 0.422 e. The number of hydrogen-bond acceptors (Lipinski definition) is 9. The van der Waals surface area contributed by atoms with E-state index in [4.69, 9.17) is 15.2 Å². The summed E-state index contributed by atoms with van der Waals surface area (Å²) in [6.07, 6.45) is 4.16. The van der Waals surface area contributed by atoms with Crippen LogP contribution in [0, 0.1) is 0 Å². The fourth-order valence-corrected chi connectivity index (χ4v) is 3.02. The van der Waals surface area contributed by atoms with Crippen molar-refractivity contribution in [2.75, 3.05) is 13.1 Å². The molecular formula is C25H46N6O8. The van der Waals surface area contributed by atoms with E-state index in [1.165, 1.54) is 6.20 Å². The van der Waals surface area contributed by atoms with Gasteiger partial charge >= 0.3 is 24.1 Å². The van der Waals surface area contributed by atoms with Gasteiger partial charge in [-0.3, -0.25) is 15.2 Å². The molecule has 0 saturated carbocycles. The van der Waals surface area contributed by atoms with Gasteiger partial charge in [-0.2, -0.15) is 0 Å². The Labute approximate surface area is 230 Å². The molecule has 39 heavy (non-hydrogen) atoms. The van der Waals surface area contributed by atoms with Gasteiger partial charge in [-0.15, -0.1) is 0 Å². The molecule has 0 aliphatic rings. The Morgan fingerprint density at radius 1 is 0.846 bits per heavy atom. The molecule has 0 fully saturated rings. The molecule has 2 atom stereocenters. The minimum Gasteiger partial charge on any atom is -0.480 e. The predicted molar refractivity (Wildman–Crippen MR) is 146 cm³/mol. The van der Waals surface area contributed by atoms with Crippen LogP contribution < -0.4 is 27.2 Å². The Balaban J connectivity index is 4.46. The Morgan fingerprint density at radius 2 is 1.38 bits per heavy atom. The Morgan fingerprint density at radius 3 is 1.92 bits per heavy atom. The van der Waals surface area contributed by atoms with Crippen LogP contribution >= 0.6 is 0 Å². The van der Waals surface area contributed by atoms with Crippen molar-refractivity contribution >= 4 is 30.0 Å². The number of amides is 2. The van der Waals surface area contributed by atoms with Gasteiger partial charge in [0.1, 0.15) is 29.1 Å². The second kappa shape index (κ2) is 17.9. The Kier molecular flexibility index (Phi) is 16.2. The smallest absolute Gasteiger partial charge is 0.422 e. The molecule has 0 aliphatic heterocycles. The zero-order valence-electron chi connectivity index (χ0n) is 23.8. The van der Waals surface area contributed by atoms with Crippen LogP contribution in [-0.4, -0.2) is 76.5 Å². The summed E-state index contributed by atoms with van der Waals surface area (Å²) in [5.41, 5.74) is 8.78. The molecule has 0 aliphatic carbocycles. The van der Waals surface area contributed by atoms with Crippen molar-refractivity contribution in [3.8, 4) is 0 Å². The standard InChI is InChI=1S/C25H46N6O8/c1-24(2,3)38-22(36)29-17(20(32)33)11-7-9-15-27-19(13-14-26)28-16-10-8-12-18(21(34)35)30-31-23(37)39-25(4,5)6/h13-14,17-18,30H,7-12,15-16,26H2,1-6H3,(H,27,28)(H,29,36)(H,31,37)(H,32,33)(H,34,35)/b14-13+/t17-,18-/m0/s1. The van der Waals surface area contributed by atoms with Crippen molar-refractivity contribution < 1.29 is 38.9 Å². The molecule has 8 N–H and O–H groups in total. The summed E-state index contributed by atoms with van der Waals surface area (Å²) in [6.45, 7) is 11.1. The number of amidine groups is 1. The molecule has 2 amide bonds. The first kappa shape index (κ1) is 35.5. The van der Waals surface area contributed by atoms with Crippen molar-refractivity contribution in [3.05, 3.63) is 12.3 Å². The fraction of sp³-hybridized carbons (Fsp3) is 0.720. The molecule has 0 aromatic rings. The van der Waals surface area contributed by atoms with Crippen LogP contribution in [0.4, 0.5) is 9.59 Å². The predicted octanol–water partition coefficient (Wildman–Crippen LogP) is 2.25. The summed E-state index contributed by atoms with van der Waals surface area (Å²) in [5, 5.41) is 24.2. The average Bonchev–Trinajstić information content (AvgIpc) is 2.76. The number of aliphatic carboxylic acids is 2. The van der Waals surface area contributed by atoms with Crippen LogP contribution in [0.3, 0.4) is 0 Å². The van der Waals surface area contributed by atoms with Crippen molar-refractivity contribution in [2.45, 2.75) is 103 Å². The molecule has 0 bridgehead atoms. The maximum absolute atomic E-state index is 11.8. The number of aliphatic imine (C=N–C) groups is 1. The van der Waals surface area contributed by atoms with Gasteiger partial charge in [0.15, 0.2) is 0 Å². The lowest BCUT2D eigenvalue weighted by Crippen LogP contribution is -2.49. The van der Waals surface area contributed by atoms with Crippen LogP contribution in [-0.2, 0) is 19.1 Å². The van der Waals surface area contributed by atoms with E-state index in [0.717, 1.165) is 0 Å². The first-order chi connectivity index (χ1) is 18.0. The molecule has 0 rings (SSSR count). The van der Waals surface area contributed by atoms with Crippen LogP contribution in [0.15, 0.2) is 17.3 Å². The summed E-state index contributed by atoms with van der Waals surface area (Å²) >= 11 is 0. The van der Waals surface area contributed by atoms with Crippen LogP contribution in [0.1, 0.15) is 80.1 Å². The van der Waals surface area contributed by atoms with E-state index in [9.17, 15) is 29.4 Å². The van der Waals surface area contributed by atoms with Crippen molar-refractivity contribution in [2.24, 2.45) is 10.7 Å². The highest BCUT2D eigenvalue weighted by Gasteiger charge is 2.23. The van der Waals surface area contributed by atoms with E-state index in [1.807, 2.05) is 0 Å². The number of ether oxygens (including phenoxy) is 2. The van der Waals surface area contributed by atoms with Gasteiger partial charge in [-0.1, -0.05) is 0 Å². The molecule has 0 aromatic heterocycles. The van der Waals surface area contributed by atoms with Gasteiger partial charge in [0.25, 0.3) is 0 Å². The summed E-state index contributed by atoms with van der Waals surface area (Å²) in [4.78, 5) is 50.8. The molecule has 0 radical (unpaired) electrons. The molecule has 224 valence electrons. The van der Waals surface area contributed by atoms with E-state index in [2.05, 4.69) is 26.5 Å². The van der Waals surface area contributed by atoms with Crippen molar-refractivity contribution in [1.29, 1.82) is 0 Å². The average molecular weight is 559 g/mol. The summed E-state index contributed by atoms with van der Waals surface area (Å²) < 4.78 is 10.2. The lowest BCUT2D eigenvalue weighted by molar-refractivity contribution is -0.140. The number of nitrogens with zero attached hydrogens (tertiary/aromatic N) is 1. The minimum atomic E-state index is -1.14. The fourth-order valence-electron chi connectivity index (χ4n) is 3.02. The Bertz CT molecular complexity index is 848. The molecular weight excluding hydrogens is 512 g/mol. The van der Waals surface area contributed by atoms with Gasteiger partial charge < -0.3 is 36.1 Å². The van der Waals surface area contributed by atoms with E-state index in [0.29, 0.717) is 44.6 Å². The zero-order valence-corrected chi connectivity index (χ0v) is 23.8. The first-order valence-corrected chi connectivity index (χ1v) is 12.9. The first-order valence-electron chi connectivity index (χ1n) is 12.9. The highest BCUT2D eigenvalue weighted by atomic mass is 16.6. The normalized spacial score (nSPS) is 13.8. The Hall–Kier alpha value is -3.55. The third kappa shape index (κ3) is 20.1. The number of alkyl carbamates (subject to hydrolysis) is 1. The second-order valence-corrected chi connectivity index (χ2v) is 10.7. The number of carboxylic acid groups (broad SMARTS) is 2. The zero-order chi connectivity index (χ0) is 30.1. The van der Waals surface area contributed by atoms with Crippen LogP contribution in [0.5, 0.6) is 0 Å². The molecule has 0 aromatic carbocycles. The highest BCUT2D eigenvalue weighted by molar-refractivity contribution is 5.92. The van der Waals surface area contributed by atoms with Gasteiger partial charge in [0.2, 0.25) is 0 Å². The van der Waals surface area contributed by atoms with Gasteiger partial charge in [0, 0.05) is 13.1 Å². The number of nitrogens with one attached hydrogen (secondary N) is 4. The molecule has 0 saturated heterocycles. The number of unbranched alkanes of at least 4 members (excludes halogenated alkanes) is 2. The van der Waals surface area contributed by atoms with Gasteiger partial charge in [0.05, 0.1) is 0 Å². The number of carbonyl (C=O) groups is 4. The highest BCUT2D eigenvalue weighted by Crippen LogP contribution is 2.09. The molecule has 14 nitrogen and oxygen atoms in total. The third-order valence-corrected chi connectivity index (χ3v) is 4.70. The molecule has 0 spiro atoms. The number of rotatable bonds is 16. The topological polar surface area (TPSA) is 214 Å². The van der Waals surface area contributed by atoms with E-state index in [1.54, 1.807) is 47.6 Å². The molecule has 0 heterocycles. The van der Waals surface area contributed by atoms with E-state index >= 15 is 0 Å². The van der Waals surface area contributed by atoms with Gasteiger partial charge in [-0.05, 0) is 92.3 Å².